The number of hydrogen-bond donors (Lipinski definition) is 1. The third-order valence-corrected chi connectivity index (χ3v) is 5.56. The van der Waals surface area contributed by atoms with Gasteiger partial charge in [-0.3, -0.25) is 9.69 Å². The van der Waals surface area contributed by atoms with Gasteiger partial charge in [0.25, 0.3) is 5.91 Å². The largest absolute Gasteiger partial charge is 0.468 e. The van der Waals surface area contributed by atoms with Crippen molar-refractivity contribution < 1.29 is 21.8 Å². The fraction of sp³-hybridized carbons (Fsp3) is 0.227. The second-order valence-electron chi connectivity index (χ2n) is 6.72. The standard InChI is InChI=1S/C22H24N2O5S/c1-23-22(25)19-11-9-18(10-12-19)16-24(17-21-8-5-14-28-21)13-15-30(26,27)29-20-6-3-2-4-7-20/h2-12,14H,13,15-17H2,1H3,(H,23,25). The first-order valence-corrected chi connectivity index (χ1v) is 11.1. The molecule has 3 rings (SSSR count). The Hall–Kier alpha value is -3.10. The second-order valence-corrected chi connectivity index (χ2v) is 8.41. The molecule has 1 amide bonds. The summed E-state index contributed by atoms with van der Waals surface area (Å²) in [5.74, 6) is 0.704. The Morgan fingerprint density at radius 1 is 1.00 bits per heavy atom. The normalized spacial score (nSPS) is 11.4. The summed E-state index contributed by atoms with van der Waals surface area (Å²) in [6, 6.07) is 19.3. The van der Waals surface area contributed by atoms with E-state index < -0.39 is 10.1 Å². The van der Waals surface area contributed by atoms with E-state index in [1.54, 1.807) is 61.8 Å². The highest BCUT2D eigenvalue weighted by Gasteiger charge is 2.17. The van der Waals surface area contributed by atoms with E-state index in [1.807, 2.05) is 23.1 Å². The average Bonchev–Trinajstić information content (AvgIpc) is 3.25. The zero-order chi connectivity index (χ0) is 21.4. The van der Waals surface area contributed by atoms with E-state index in [0.29, 0.717) is 24.4 Å². The van der Waals surface area contributed by atoms with Crippen molar-refractivity contribution in [2.24, 2.45) is 0 Å². The van der Waals surface area contributed by atoms with Crippen molar-refractivity contribution in [3.05, 3.63) is 89.9 Å². The topological polar surface area (TPSA) is 88.9 Å². The predicted molar refractivity (Wildman–Crippen MR) is 114 cm³/mol. The maximum absolute atomic E-state index is 12.4. The molecule has 0 saturated heterocycles. The maximum Gasteiger partial charge on any atom is 0.310 e. The second kappa shape index (κ2) is 10.1. The Balaban J connectivity index is 1.67. The number of hydrogen-bond acceptors (Lipinski definition) is 6. The molecule has 3 aromatic rings. The first kappa shape index (κ1) is 21.6. The minimum atomic E-state index is -3.75. The number of carbonyl (C=O) groups excluding carboxylic acids is 1. The van der Waals surface area contributed by atoms with E-state index >= 15 is 0 Å². The molecule has 0 atom stereocenters. The SMILES string of the molecule is CNC(=O)c1ccc(CN(CCS(=O)(=O)Oc2ccccc2)Cc2ccco2)cc1. The lowest BCUT2D eigenvalue weighted by molar-refractivity contribution is 0.0963. The molecule has 1 heterocycles. The maximum atomic E-state index is 12.4. The summed E-state index contributed by atoms with van der Waals surface area (Å²) in [5.41, 5.74) is 1.52. The molecule has 0 unspecified atom stereocenters. The van der Waals surface area contributed by atoms with Gasteiger partial charge in [0, 0.05) is 25.7 Å². The summed E-state index contributed by atoms with van der Waals surface area (Å²) in [6.45, 7) is 1.20. The molecule has 0 aliphatic rings. The minimum Gasteiger partial charge on any atom is -0.468 e. The molecule has 0 aliphatic carbocycles. The third-order valence-electron chi connectivity index (χ3n) is 4.43. The van der Waals surface area contributed by atoms with Crippen LogP contribution in [-0.4, -0.2) is 38.6 Å². The third kappa shape index (κ3) is 6.47. The summed E-state index contributed by atoms with van der Waals surface area (Å²) in [4.78, 5) is 13.7. The number of para-hydroxylation sites is 1. The molecule has 158 valence electrons. The van der Waals surface area contributed by atoms with Crippen LogP contribution in [0.15, 0.2) is 77.4 Å². The van der Waals surface area contributed by atoms with Gasteiger partial charge >= 0.3 is 10.1 Å². The first-order valence-electron chi connectivity index (χ1n) is 9.48. The van der Waals surface area contributed by atoms with Gasteiger partial charge in [-0.1, -0.05) is 30.3 Å². The van der Waals surface area contributed by atoms with Crippen molar-refractivity contribution in [1.82, 2.24) is 10.2 Å². The van der Waals surface area contributed by atoms with Crippen molar-refractivity contribution in [3.63, 3.8) is 0 Å². The predicted octanol–water partition coefficient (Wildman–Crippen LogP) is 3.05. The van der Waals surface area contributed by atoms with Crippen LogP contribution in [-0.2, 0) is 23.2 Å². The van der Waals surface area contributed by atoms with E-state index in [4.69, 9.17) is 8.60 Å². The van der Waals surface area contributed by atoms with E-state index in [1.165, 1.54) is 0 Å². The number of benzene rings is 2. The zero-order valence-electron chi connectivity index (χ0n) is 16.7. The molecule has 0 bridgehead atoms. The molecule has 0 aliphatic heterocycles. The highest BCUT2D eigenvalue weighted by atomic mass is 32.2. The molecule has 2 aromatic carbocycles. The fourth-order valence-corrected chi connectivity index (χ4v) is 3.88. The fourth-order valence-electron chi connectivity index (χ4n) is 2.91. The lowest BCUT2D eigenvalue weighted by atomic mass is 10.1. The van der Waals surface area contributed by atoms with Gasteiger partial charge in [0.15, 0.2) is 0 Å². The van der Waals surface area contributed by atoms with Crippen molar-refractivity contribution in [3.8, 4) is 5.75 Å². The number of amides is 1. The summed E-state index contributed by atoms with van der Waals surface area (Å²) in [6.07, 6.45) is 1.58. The van der Waals surface area contributed by atoms with Crippen LogP contribution in [0.2, 0.25) is 0 Å². The van der Waals surface area contributed by atoms with Crippen LogP contribution >= 0.6 is 0 Å². The van der Waals surface area contributed by atoms with Gasteiger partial charge in [-0.25, -0.2) is 0 Å². The average molecular weight is 429 g/mol. The van der Waals surface area contributed by atoms with Crippen molar-refractivity contribution in [2.45, 2.75) is 13.1 Å². The van der Waals surface area contributed by atoms with Gasteiger partial charge in [-0.05, 0) is 42.0 Å². The molecule has 8 heteroatoms. The van der Waals surface area contributed by atoms with Crippen LogP contribution < -0.4 is 9.50 Å². The lowest BCUT2D eigenvalue weighted by Crippen LogP contribution is -2.30. The Morgan fingerprint density at radius 2 is 1.73 bits per heavy atom. The molecule has 0 saturated carbocycles. The zero-order valence-corrected chi connectivity index (χ0v) is 17.5. The van der Waals surface area contributed by atoms with Crippen molar-refractivity contribution in [2.75, 3.05) is 19.3 Å². The monoisotopic (exact) mass is 428 g/mol. The smallest absolute Gasteiger partial charge is 0.310 e. The molecule has 1 N–H and O–H groups in total. The summed E-state index contributed by atoms with van der Waals surface area (Å²) in [5, 5.41) is 2.59. The number of carbonyl (C=O) groups is 1. The van der Waals surface area contributed by atoms with Crippen LogP contribution in [0.5, 0.6) is 5.75 Å². The van der Waals surface area contributed by atoms with Crippen LogP contribution in [0.4, 0.5) is 0 Å². The summed E-state index contributed by atoms with van der Waals surface area (Å²) in [7, 11) is -2.16. The molecule has 1 aromatic heterocycles. The number of nitrogens with one attached hydrogen (secondary N) is 1. The Morgan fingerprint density at radius 3 is 2.37 bits per heavy atom. The van der Waals surface area contributed by atoms with Crippen molar-refractivity contribution >= 4 is 16.0 Å². The molecule has 7 nitrogen and oxygen atoms in total. The van der Waals surface area contributed by atoms with Crippen LogP contribution in [0.1, 0.15) is 21.7 Å². The quantitative estimate of drug-likeness (QED) is 0.499. The Kier molecular flexibility index (Phi) is 7.26. The molecular weight excluding hydrogens is 404 g/mol. The molecular formula is C22H24N2O5S. The lowest BCUT2D eigenvalue weighted by Gasteiger charge is -2.21. The van der Waals surface area contributed by atoms with E-state index in [0.717, 1.165) is 11.3 Å². The van der Waals surface area contributed by atoms with Crippen molar-refractivity contribution in [1.29, 1.82) is 0 Å². The van der Waals surface area contributed by atoms with Crippen LogP contribution in [0.25, 0.3) is 0 Å². The van der Waals surface area contributed by atoms with Gasteiger partial charge in [0.2, 0.25) is 0 Å². The van der Waals surface area contributed by atoms with E-state index in [9.17, 15) is 13.2 Å². The summed E-state index contributed by atoms with van der Waals surface area (Å²) >= 11 is 0. The highest BCUT2D eigenvalue weighted by Crippen LogP contribution is 2.15. The summed E-state index contributed by atoms with van der Waals surface area (Å²) < 4.78 is 35.4. The molecule has 0 radical (unpaired) electrons. The number of furan rings is 1. The van der Waals surface area contributed by atoms with Gasteiger partial charge in [-0.2, -0.15) is 8.42 Å². The van der Waals surface area contributed by atoms with Gasteiger partial charge < -0.3 is 13.9 Å². The van der Waals surface area contributed by atoms with Crippen LogP contribution in [0, 0.1) is 0 Å². The molecule has 0 fully saturated rings. The van der Waals surface area contributed by atoms with Crippen LogP contribution in [0.3, 0.4) is 0 Å². The molecule has 30 heavy (non-hydrogen) atoms. The van der Waals surface area contributed by atoms with Gasteiger partial charge in [-0.15, -0.1) is 0 Å². The number of nitrogens with zero attached hydrogens (tertiary/aromatic N) is 1. The van der Waals surface area contributed by atoms with E-state index in [-0.39, 0.29) is 18.2 Å². The van der Waals surface area contributed by atoms with Gasteiger partial charge in [0.05, 0.1) is 18.6 Å². The minimum absolute atomic E-state index is 0.154. The molecule has 0 spiro atoms. The van der Waals surface area contributed by atoms with E-state index in [2.05, 4.69) is 5.32 Å². The number of rotatable bonds is 10. The first-order chi connectivity index (χ1) is 14.4. The Labute approximate surface area is 176 Å². The Bertz CT molecular complexity index is 1030. The highest BCUT2D eigenvalue weighted by molar-refractivity contribution is 7.87. The van der Waals surface area contributed by atoms with Gasteiger partial charge in [0.1, 0.15) is 11.5 Å².